The molecule has 1 aliphatic heterocycles. The van der Waals surface area contributed by atoms with Crippen LogP contribution >= 0.6 is 0 Å². The Morgan fingerprint density at radius 1 is 1.04 bits per heavy atom. The first-order valence-electron chi connectivity index (χ1n) is 9.24. The Kier molecular flexibility index (Phi) is 5.40. The van der Waals surface area contributed by atoms with E-state index in [0.29, 0.717) is 29.8 Å². The second kappa shape index (κ2) is 7.74. The van der Waals surface area contributed by atoms with Crippen molar-refractivity contribution in [1.82, 2.24) is 9.80 Å². The van der Waals surface area contributed by atoms with Crippen molar-refractivity contribution < 1.29 is 14.4 Å². The molecule has 0 bridgehead atoms. The van der Waals surface area contributed by atoms with Gasteiger partial charge in [0, 0.05) is 25.7 Å². The van der Waals surface area contributed by atoms with Gasteiger partial charge in [-0.05, 0) is 42.7 Å². The number of benzene rings is 2. The molecule has 5 heteroatoms. The average molecular weight is 364 g/mol. The monoisotopic (exact) mass is 364 g/mol. The number of carbonyl (C=O) groups excluding carboxylic acids is 3. The molecule has 0 spiro atoms. The predicted octanol–water partition coefficient (Wildman–Crippen LogP) is 3.66. The zero-order valence-electron chi connectivity index (χ0n) is 16.0. The molecule has 0 radical (unpaired) electrons. The second-order valence-electron chi connectivity index (χ2n) is 6.96. The summed E-state index contributed by atoms with van der Waals surface area (Å²) in [5.74, 6) is -0.747. The number of carbonyl (C=O) groups is 3. The van der Waals surface area contributed by atoms with Crippen molar-refractivity contribution in [3.8, 4) is 0 Å². The number of fused-ring (bicyclic) bond motifs is 1. The van der Waals surface area contributed by atoms with E-state index in [1.807, 2.05) is 38.1 Å². The van der Waals surface area contributed by atoms with E-state index in [1.54, 1.807) is 30.1 Å². The van der Waals surface area contributed by atoms with Crippen molar-refractivity contribution in [3.05, 3.63) is 70.3 Å². The van der Waals surface area contributed by atoms with Crippen molar-refractivity contribution in [1.29, 1.82) is 0 Å². The van der Waals surface area contributed by atoms with Gasteiger partial charge in [0.2, 0.25) is 0 Å². The van der Waals surface area contributed by atoms with Gasteiger partial charge in [-0.3, -0.25) is 19.3 Å². The third kappa shape index (κ3) is 3.63. The van der Waals surface area contributed by atoms with Crippen LogP contribution in [-0.4, -0.2) is 41.1 Å². The van der Waals surface area contributed by atoms with Gasteiger partial charge in [0.15, 0.2) is 0 Å². The van der Waals surface area contributed by atoms with Gasteiger partial charge in [-0.15, -0.1) is 0 Å². The van der Waals surface area contributed by atoms with Gasteiger partial charge >= 0.3 is 0 Å². The number of unbranched alkanes of at least 4 members (excludes halogenated alkanes) is 1. The molecule has 0 aromatic heterocycles. The van der Waals surface area contributed by atoms with Gasteiger partial charge in [0.25, 0.3) is 17.7 Å². The van der Waals surface area contributed by atoms with Crippen molar-refractivity contribution in [3.63, 3.8) is 0 Å². The van der Waals surface area contributed by atoms with Gasteiger partial charge in [-0.25, -0.2) is 0 Å². The SMILES string of the molecule is CCCCN1C(=O)c2ccc(C(=O)N(C)Cc3ccccc3C)cc2C1=O. The molecule has 0 atom stereocenters. The minimum absolute atomic E-state index is 0.173. The molecule has 0 fully saturated rings. The van der Waals surface area contributed by atoms with E-state index < -0.39 is 0 Å². The maximum Gasteiger partial charge on any atom is 0.261 e. The minimum Gasteiger partial charge on any atom is -0.337 e. The number of amides is 3. The van der Waals surface area contributed by atoms with Crippen molar-refractivity contribution >= 4 is 17.7 Å². The molecule has 0 aliphatic carbocycles. The first-order valence-corrected chi connectivity index (χ1v) is 9.24. The Morgan fingerprint density at radius 3 is 2.44 bits per heavy atom. The van der Waals surface area contributed by atoms with E-state index in [4.69, 9.17) is 0 Å². The summed E-state index contributed by atoms with van der Waals surface area (Å²) in [6, 6.07) is 12.7. The van der Waals surface area contributed by atoms with Crippen LogP contribution < -0.4 is 0 Å². The van der Waals surface area contributed by atoms with Gasteiger partial charge in [0.1, 0.15) is 0 Å². The zero-order valence-corrected chi connectivity index (χ0v) is 16.0. The first-order chi connectivity index (χ1) is 12.9. The molecule has 5 nitrogen and oxygen atoms in total. The Labute approximate surface area is 159 Å². The number of aryl methyl sites for hydroxylation is 1. The smallest absolute Gasteiger partial charge is 0.261 e. The largest absolute Gasteiger partial charge is 0.337 e. The molecule has 3 rings (SSSR count). The quantitative estimate of drug-likeness (QED) is 0.735. The molecule has 1 heterocycles. The highest BCUT2D eigenvalue weighted by atomic mass is 16.2. The Morgan fingerprint density at radius 2 is 1.74 bits per heavy atom. The molecule has 27 heavy (non-hydrogen) atoms. The number of rotatable bonds is 6. The lowest BCUT2D eigenvalue weighted by Crippen LogP contribution is -2.30. The molecule has 0 unspecified atom stereocenters. The molecule has 0 N–H and O–H groups in total. The standard InChI is InChI=1S/C22H24N2O3/c1-4-5-12-24-21(26)18-11-10-16(13-19(18)22(24)27)20(25)23(3)14-17-9-7-6-8-15(17)2/h6-11,13H,4-5,12,14H2,1-3H3. The second-order valence-corrected chi connectivity index (χ2v) is 6.96. The van der Waals surface area contributed by atoms with Crippen LogP contribution in [0.15, 0.2) is 42.5 Å². The van der Waals surface area contributed by atoms with E-state index in [-0.39, 0.29) is 17.7 Å². The summed E-state index contributed by atoms with van der Waals surface area (Å²) in [6.45, 7) is 4.93. The molecule has 140 valence electrons. The third-order valence-electron chi connectivity index (χ3n) is 4.97. The summed E-state index contributed by atoms with van der Waals surface area (Å²) in [4.78, 5) is 40.7. The van der Waals surface area contributed by atoms with Gasteiger partial charge < -0.3 is 4.90 Å². The van der Waals surface area contributed by atoms with Gasteiger partial charge in [0.05, 0.1) is 11.1 Å². The average Bonchev–Trinajstić information content (AvgIpc) is 2.91. The van der Waals surface area contributed by atoms with E-state index in [9.17, 15) is 14.4 Å². The summed E-state index contributed by atoms with van der Waals surface area (Å²) in [7, 11) is 1.74. The third-order valence-corrected chi connectivity index (χ3v) is 4.97. The number of hydrogen-bond donors (Lipinski definition) is 0. The first kappa shape index (κ1) is 18.8. The lowest BCUT2D eigenvalue weighted by atomic mass is 10.0. The molecule has 0 saturated carbocycles. The normalized spacial score (nSPS) is 13.1. The van der Waals surface area contributed by atoms with Gasteiger partial charge in [-0.2, -0.15) is 0 Å². The molecular formula is C22H24N2O3. The Balaban J connectivity index is 1.80. The maximum absolute atomic E-state index is 12.8. The summed E-state index contributed by atoms with van der Waals surface area (Å²) >= 11 is 0. The van der Waals surface area contributed by atoms with Crippen LogP contribution in [0.25, 0.3) is 0 Å². The maximum atomic E-state index is 12.8. The number of nitrogens with zero attached hydrogens (tertiary/aromatic N) is 2. The highest BCUT2D eigenvalue weighted by molar-refractivity contribution is 6.22. The number of imide groups is 1. The summed E-state index contributed by atoms with van der Waals surface area (Å²) in [5, 5.41) is 0. The van der Waals surface area contributed by atoms with Crippen molar-refractivity contribution in [2.24, 2.45) is 0 Å². The molecule has 1 aliphatic rings. The van der Waals surface area contributed by atoms with Gasteiger partial charge in [-0.1, -0.05) is 37.6 Å². The van der Waals surface area contributed by atoms with Crippen LogP contribution in [0.5, 0.6) is 0 Å². The fourth-order valence-corrected chi connectivity index (χ4v) is 3.28. The van der Waals surface area contributed by atoms with Crippen LogP contribution in [0, 0.1) is 6.92 Å². The Hall–Kier alpha value is -2.95. The predicted molar refractivity (Wildman–Crippen MR) is 104 cm³/mol. The lowest BCUT2D eigenvalue weighted by molar-refractivity contribution is 0.0652. The Bertz CT molecular complexity index is 904. The molecule has 2 aromatic carbocycles. The highest BCUT2D eigenvalue weighted by Crippen LogP contribution is 2.25. The van der Waals surface area contributed by atoms with E-state index in [2.05, 4.69) is 0 Å². The molecule has 2 aromatic rings. The molecular weight excluding hydrogens is 340 g/mol. The number of hydrogen-bond acceptors (Lipinski definition) is 3. The van der Waals surface area contributed by atoms with Crippen LogP contribution in [0.3, 0.4) is 0 Å². The zero-order chi connectivity index (χ0) is 19.6. The topological polar surface area (TPSA) is 57.7 Å². The highest BCUT2D eigenvalue weighted by Gasteiger charge is 2.35. The van der Waals surface area contributed by atoms with Crippen LogP contribution in [0.4, 0.5) is 0 Å². The molecule has 0 saturated heterocycles. The minimum atomic E-state index is -0.306. The van der Waals surface area contributed by atoms with Crippen molar-refractivity contribution in [2.75, 3.05) is 13.6 Å². The van der Waals surface area contributed by atoms with Crippen LogP contribution in [0.2, 0.25) is 0 Å². The lowest BCUT2D eigenvalue weighted by Gasteiger charge is -2.19. The van der Waals surface area contributed by atoms with Crippen LogP contribution in [0.1, 0.15) is 62.0 Å². The fourth-order valence-electron chi connectivity index (χ4n) is 3.28. The summed E-state index contributed by atoms with van der Waals surface area (Å²) in [6.07, 6.45) is 1.68. The molecule has 3 amide bonds. The van der Waals surface area contributed by atoms with E-state index >= 15 is 0 Å². The summed E-state index contributed by atoms with van der Waals surface area (Å²) in [5.41, 5.74) is 3.33. The van der Waals surface area contributed by atoms with E-state index in [0.717, 1.165) is 24.0 Å². The fraction of sp³-hybridized carbons (Fsp3) is 0.318. The summed E-state index contributed by atoms with van der Waals surface area (Å²) < 4.78 is 0. The van der Waals surface area contributed by atoms with Crippen molar-refractivity contribution in [2.45, 2.75) is 33.2 Å². The van der Waals surface area contributed by atoms with Crippen LogP contribution in [-0.2, 0) is 6.54 Å². The van der Waals surface area contributed by atoms with E-state index in [1.165, 1.54) is 4.90 Å².